The number of amidine groups is 1. The van der Waals surface area contributed by atoms with E-state index in [0.29, 0.717) is 22.8 Å². The van der Waals surface area contributed by atoms with E-state index in [1.54, 1.807) is 25.1 Å². The molecule has 6 heteroatoms. The summed E-state index contributed by atoms with van der Waals surface area (Å²) in [7, 11) is 0. The number of halogens is 1. The first-order valence-corrected chi connectivity index (χ1v) is 5.48. The summed E-state index contributed by atoms with van der Waals surface area (Å²) in [5.41, 5.74) is 6.38. The van der Waals surface area contributed by atoms with Crippen LogP contribution in [0.5, 0.6) is 11.6 Å². The van der Waals surface area contributed by atoms with Crippen molar-refractivity contribution in [3.05, 3.63) is 53.5 Å². The molecule has 0 atom stereocenters. The first-order valence-electron chi connectivity index (χ1n) is 5.48. The highest BCUT2D eigenvalue weighted by Crippen LogP contribution is 2.21. The van der Waals surface area contributed by atoms with Crippen LogP contribution in [0.4, 0.5) is 4.39 Å². The number of aryl methyl sites for hydroxylation is 1. The zero-order chi connectivity index (χ0) is 13.8. The molecule has 0 saturated carbocycles. The Morgan fingerprint density at radius 3 is 2.74 bits per heavy atom. The zero-order valence-electron chi connectivity index (χ0n) is 10.2. The van der Waals surface area contributed by atoms with Crippen molar-refractivity contribution >= 4 is 5.84 Å². The summed E-state index contributed by atoms with van der Waals surface area (Å²) in [5.74, 6) is 0.503. The maximum Gasteiger partial charge on any atom is 0.219 e. The average molecular weight is 261 g/mol. The van der Waals surface area contributed by atoms with Gasteiger partial charge in [-0.25, -0.2) is 9.37 Å². The highest BCUT2D eigenvalue weighted by Gasteiger charge is 2.04. The van der Waals surface area contributed by atoms with Crippen LogP contribution < -0.4 is 10.5 Å². The summed E-state index contributed by atoms with van der Waals surface area (Å²) < 4.78 is 18.6. The molecule has 0 spiro atoms. The lowest BCUT2D eigenvalue weighted by molar-refractivity contribution is 0.318. The van der Waals surface area contributed by atoms with Crippen LogP contribution in [0, 0.1) is 12.7 Å². The molecule has 0 bridgehead atoms. The van der Waals surface area contributed by atoms with Crippen LogP contribution >= 0.6 is 0 Å². The van der Waals surface area contributed by atoms with Gasteiger partial charge in [-0.3, -0.25) is 0 Å². The summed E-state index contributed by atoms with van der Waals surface area (Å²) >= 11 is 0. The summed E-state index contributed by atoms with van der Waals surface area (Å²) in [5, 5.41) is 11.4. The van der Waals surface area contributed by atoms with E-state index in [0.717, 1.165) is 0 Å². The summed E-state index contributed by atoms with van der Waals surface area (Å²) in [6, 6.07) is 7.60. The molecule has 3 N–H and O–H groups in total. The predicted octanol–water partition coefficient (Wildman–Crippen LogP) is 2.42. The van der Waals surface area contributed by atoms with E-state index in [4.69, 9.17) is 15.7 Å². The minimum absolute atomic E-state index is 0.0309. The summed E-state index contributed by atoms with van der Waals surface area (Å²) in [4.78, 5) is 4.01. The van der Waals surface area contributed by atoms with Crippen LogP contribution in [0.3, 0.4) is 0 Å². The van der Waals surface area contributed by atoms with Crippen molar-refractivity contribution in [3.8, 4) is 11.6 Å². The third kappa shape index (κ3) is 2.98. The van der Waals surface area contributed by atoms with Crippen molar-refractivity contribution < 1.29 is 14.3 Å². The summed E-state index contributed by atoms with van der Waals surface area (Å²) in [6.07, 6.45) is 1.42. The van der Waals surface area contributed by atoms with Crippen LogP contribution in [-0.2, 0) is 0 Å². The predicted molar refractivity (Wildman–Crippen MR) is 68.0 cm³/mol. The standard InChI is InChI=1S/C13H12FN3O2/c1-8-6-10(3-4-11(8)14)19-12-5-2-9(7-16-12)13(15)17-18/h2-7,18H,1H3,(H2,15,17). The van der Waals surface area contributed by atoms with Crippen molar-refractivity contribution in [3.63, 3.8) is 0 Å². The maximum atomic E-state index is 13.1. The minimum Gasteiger partial charge on any atom is -0.439 e. The lowest BCUT2D eigenvalue weighted by Crippen LogP contribution is -2.13. The van der Waals surface area contributed by atoms with E-state index in [9.17, 15) is 4.39 Å². The fourth-order valence-electron chi connectivity index (χ4n) is 1.45. The van der Waals surface area contributed by atoms with E-state index in [2.05, 4.69) is 10.1 Å². The van der Waals surface area contributed by atoms with Crippen molar-refractivity contribution in [1.82, 2.24) is 4.98 Å². The fraction of sp³-hybridized carbons (Fsp3) is 0.0769. The van der Waals surface area contributed by atoms with Gasteiger partial charge in [0.05, 0.1) is 0 Å². The van der Waals surface area contributed by atoms with Crippen LogP contribution in [0.1, 0.15) is 11.1 Å². The van der Waals surface area contributed by atoms with Crippen molar-refractivity contribution in [2.75, 3.05) is 0 Å². The number of benzene rings is 1. The second-order valence-electron chi connectivity index (χ2n) is 3.88. The number of nitrogens with two attached hydrogens (primary N) is 1. The van der Waals surface area contributed by atoms with E-state index >= 15 is 0 Å². The van der Waals surface area contributed by atoms with Gasteiger partial charge >= 0.3 is 0 Å². The molecule has 1 aromatic carbocycles. The molecule has 0 radical (unpaired) electrons. The highest BCUT2D eigenvalue weighted by atomic mass is 19.1. The number of rotatable bonds is 3. The molecule has 2 aromatic rings. The molecule has 1 aromatic heterocycles. The smallest absolute Gasteiger partial charge is 0.219 e. The normalized spacial score (nSPS) is 11.4. The Labute approximate surface area is 109 Å². The summed E-state index contributed by atoms with van der Waals surface area (Å²) in [6.45, 7) is 1.65. The molecule has 0 fully saturated rings. The molecule has 0 aliphatic rings. The molecule has 98 valence electrons. The van der Waals surface area contributed by atoms with Gasteiger partial charge in [0.15, 0.2) is 5.84 Å². The van der Waals surface area contributed by atoms with Gasteiger partial charge in [0.25, 0.3) is 0 Å². The molecular weight excluding hydrogens is 249 g/mol. The van der Waals surface area contributed by atoms with Gasteiger partial charge < -0.3 is 15.7 Å². The lowest BCUT2D eigenvalue weighted by atomic mass is 10.2. The van der Waals surface area contributed by atoms with E-state index in [1.165, 1.54) is 18.3 Å². The molecule has 0 aliphatic carbocycles. The Hall–Kier alpha value is -2.63. The number of hydrogen-bond donors (Lipinski definition) is 2. The number of nitrogens with zero attached hydrogens (tertiary/aromatic N) is 2. The first kappa shape index (κ1) is 12.8. The van der Waals surface area contributed by atoms with Gasteiger partial charge in [-0.2, -0.15) is 0 Å². The van der Waals surface area contributed by atoms with Crippen LogP contribution in [-0.4, -0.2) is 16.0 Å². The first-order chi connectivity index (χ1) is 9.10. The Balaban J connectivity index is 2.17. The fourth-order valence-corrected chi connectivity index (χ4v) is 1.45. The second-order valence-corrected chi connectivity index (χ2v) is 3.88. The van der Waals surface area contributed by atoms with Gasteiger partial charge in [0.1, 0.15) is 11.6 Å². The third-order valence-corrected chi connectivity index (χ3v) is 2.49. The van der Waals surface area contributed by atoms with Crippen LogP contribution in [0.25, 0.3) is 0 Å². The minimum atomic E-state index is -0.289. The van der Waals surface area contributed by atoms with Crippen molar-refractivity contribution in [2.45, 2.75) is 6.92 Å². The molecule has 0 saturated heterocycles. The van der Waals surface area contributed by atoms with Gasteiger partial charge in [0.2, 0.25) is 5.88 Å². The van der Waals surface area contributed by atoms with Gasteiger partial charge in [-0.05, 0) is 36.8 Å². The number of ether oxygens (including phenoxy) is 1. The second kappa shape index (κ2) is 5.34. The molecule has 1 heterocycles. The maximum absolute atomic E-state index is 13.1. The van der Waals surface area contributed by atoms with Crippen LogP contribution in [0.2, 0.25) is 0 Å². The Bertz CT molecular complexity index is 612. The molecule has 2 rings (SSSR count). The largest absolute Gasteiger partial charge is 0.439 e. The number of aromatic nitrogens is 1. The van der Waals surface area contributed by atoms with E-state index in [1.807, 2.05) is 0 Å². The lowest BCUT2D eigenvalue weighted by Gasteiger charge is -2.06. The molecule has 0 aliphatic heterocycles. The van der Waals surface area contributed by atoms with Gasteiger partial charge in [-0.1, -0.05) is 5.16 Å². The number of pyridine rings is 1. The van der Waals surface area contributed by atoms with Gasteiger partial charge in [0, 0.05) is 17.8 Å². The Kier molecular flexibility index (Phi) is 3.61. The highest BCUT2D eigenvalue weighted by molar-refractivity contribution is 5.96. The monoisotopic (exact) mass is 261 g/mol. The van der Waals surface area contributed by atoms with Crippen LogP contribution in [0.15, 0.2) is 41.7 Å². The number of hydrogen-bond acceptors (Lipinski definition) is 4. The Morgan fingerprint density at radius 1 is 1.37 bits per heavy atom. The Morgan fingerprint density at radius 2 is 2.16 bits per heavy atom. The van der Waals surface area contributed by atoms with Crippen molar-refractivity contribution in [1.29, 1.82) is 0 Å². The molecule has 5 nitrogen and oxygen atoms in total. The van der Waals surface area contributed by atoms with Crippen molar-refractivity contribution in [2.24, 2.45) is 10.9 Å². The average Bonchev–Trinajstić information content (AvgIpc) is 2.43. The van der Waals surface area contributed by atoms with E-state index < -0.39 is 0 Å². The molecule has 0 amide bonds. The quantitative estimate of drug-likeness (QED) is 0.385. The molecule has 0 unspecified atom stereocenters. The third-order valence-electron chi connectivity index (χ3n) is 2.49. The SMILES string of the molecule is Cc1cc(Oc2ccc(/C(N)=N/O)cn2)ccc1F. The molecular formula is C13H12FN3O2. The molecule has 19 heavy (non-hydrogen) atoms. The topological polar surface area (TPSA) is 80.7 Å². The number of oxime groups is 1. The van der Waals surface area contributed by atoms with Gasteiger partial charge in [-0.15, -0.1) is 0 Å². The van der Waals surface area contributed by atoms with E-state index in [-0.39, 0.29) is 11.7 Å². The zero-order valence-corrected chi connectivity index (χ0v) is 10.2.